The second kappa shape index (κ2) is 7.18. The van der Waals surface area contributed by atoms with Crippen LogP contribution >= 0.6 is 15.9 Å². The highest BCUT2D eigenvalue weighted by molar-refractivity contribution is 9.10. The molecule has 2 rings (SSSR count). The number of aryl methyl sites for hydroxylation is 1. The van der Waals surface area contributed by atoms with Crippen molar-refractivity contribution in [3.63, 3.8) is 0 Å². The van der Waals surface area contributed by atoms with E-state index in [1.807, 2.05) is 14.0 Å². The van der Waals surface area contributed by atoms with Crippen LogP contribution in [0.1, 0.15) is 22.3 Å². The Hall–Kier alpha value is -1.81. The molecule has 0 saturated heterocycles. The predicted molar refractivity (Wildman–Crippen MR) is 99.1 cm³/mol. The van der Waals surface area contributed by atoms with Gasteiger partial charge in [0.05, 0.1) is 19.2 Å². The average Bonchev–Trinajstić information content (AvgIpc) is 2.54. The molecule has 0 aliphatic carbocycles. The number of methoxy groups -OCH3 is 1. The SMILES string of the molecule is CNc1c(C)c(CC(=O)OC)c(-c2ccc(C)cc2)c(C)c1Br. The minimum absolute atomic E-state index is 0.231. The van der Waals surface area contributed by atoms with Gasteiger partial charge in [-0.2, -0.15) is 0 Å². The number of hydrogen-bond donors (Lipinski definition) is 1. The van der Waals surface area contributed by atoms with Gasteiger partial charge in [-0.1, -0.05) is 29.8 Å². The number of benzene rings is 2. The smallest absolute Gasteiger partial charge is 0.310 e. The lowest BCUT2D eigenvalue weighted by Gasteiger charge is -2.21. The number of ether oxygens (including phenoxy) is 1. The summed E-state index contributed by atoms with van der Waals surface area (Å²) in [4.78, 5) is 11.9. The van der Waals surface area contributed by atoms with Crippen LogP contribution in [0.5, 0.6) is 0 Å². The van der Waals surface area contributed by atoms with E-state index in [-0.39, 0.29) is 12.4 Å². The van der Waals surface area contributed by atoms with E-state index >= 15 is 0 Å². The molecule has 0 unspecified atom stereocenters. The summed E-state index contributed by atoms with van der Waals surface area (Å²) in [6.45, 7) is 6.17. The largest absolute Gasteiger partial charge is 0.469 e. The second-order valence-corrected chi connectivity index (χ2v) is 6.45. The number of nitrogens with one attached hydrogen (secondary N) is 1. The van der Waals surface area contributed by atoms with Crippen LogP contribution in [-0.2, 0) is 16.0 Å². The van der Waals surface area contributed by atoms with E-state index in [4.69, 9.17) is 4.74 Å². The fourth-order valence-corrected chi connectivity index (χ4v) is 3.57. The molecule has 4 heteroatoms. The summed E-state index contributed by atoms with van der Waals surface area (Å²) in [6, 6.07) is 8.38. The molecule has 0 amide bonds. The first-order valence-corrected chi connectivity index (χ1v) is 8.33. The zero-order valence-corrected chi connectivity index (χ0v) is 15.8. The molecule has 0 fully saturated rings. The van der Waals surface area contributed by atoms with E-state index in [9.17, 15) is 4.79 Å². The summed E-state index contributed by atoms with van der Waals surface area (Å²) in [5, 5.41) is 3.22. The first-order chi connectivity index (χ1) is 10.9. The van der Waals surface area contributed by atoms with Gasteiger partial charge in [-0.25, -0.2) is 0 Å². The minimum atomic E-state index is -0.231. The molecule has 0 heterocycles. The van der Waals surface area contributed by atoms with Gasteiger partial charge in [0.2, 0.25) is 0 Å². The first-order valence-electron chi connectivity index (χ1n) is 7.53. The van der Waals surface area contributed by atoms with Crippen LogP contribution in [0.15, 0.2) is 28.7 Å². The van der Waals surface area contributed by atoms with Crippen molar-refractivity contribution >= 4 is 27.6 Å². The summed E-state index contributed by atoms with van der Waals surface area (Å²) in [5.41, 5.74) is 7.61. The van der Waals surface area contributed by atoms with Crippen molar-refractivity contribution in [1.82, 2.24) is 0 Å². The van der Waals surface area contributed by atoms with Crippen molar-refractivity contribution in [2.45, 2.75) is 27.2 Å². The molecule has 0 aromatic heterocycles. The Morgan fingerprint density at radius 3 is 2.26 bits per heavy atom. The predicted octanol–water partition coefficient (Wildman–Crippen LogP) is 4.80. The molecular formula is C19H22BrNO2. The van der Waals surface area contributed by atoms with E-state index in [0.717, 1.165) is 38.0 Å². The van der Waals surface area contributed by atoms with Gasteiger partial charge in [0, 0.05) is 11.5 Å². The monoisotopic (exact) mass is 375 g/mol. The Kier molecular flexibility index (Phi) is 5.47. The molecular weight excluding hydrogens is 354 g/mol. The highest BCUT2D eigenvalue weighted by Gasteiger charge is 2.20. The van der Waals surface area contributed by atoms with Gasteiger partial charge in [-0.15, -0.1) is 0 Å². The molecule has 2 aromatic carbocycles. The van der Waals surface area contributed by atoms with E-state index in [1.165, 1.54) is 12.7 Å². The van der Waals surface area contributed by atoms with Crippen molar-refractivity contribution < 1.29 is 9.53 Å². The van der Waals surface area contributed by atoms with Crippen molar-refractivity contribution in [2.24, 2.45) is 0 Å². The zero-order chi connectivity index (χ0) is 17.1. The molecule has 1 N–H and O–H groups in total. The van der Waals surface area contributed by atoms with Gasteiger partial charge in [0.1, 0.15) is 0 Å². The lowest BCUT2D eigenvalue weighted by molar-refractivity contribution is -0.139. The highest BCUT2D eigenvalue weighted by atomic mass is 79.9. The van der Waals surface area contributed by atoms with Crippen LogP contribution in [0.2, 0.25) is 0 Å². The summed E-state index contributed by atoms with van der Waals surface area (Å²) < 4.78 is 5.92. The maximum absolute atomic E-state index is 11.9. The molecule has 3 nitrogen and oxygen atoms in total. The molecule has 0 spiro atoms. The Labute approximate surface area is 146 Å². The summed E-state index contributed by atoms with van der Waals surface area (Å²) in [7, 11) is 3.31. The second-order valence-electron chi connectivity index (χ2n) is 5.66. The normalized spacial score (nSPS) is 10.5. The van der Waals surface area contributed by atoms with Gasteiger partial charge in [0.15, 0.2) is 0 Å². The molecule has 2 aromatic rings. The Bertz CT molecular complexity index is 736. The highest BCUT2D eigenvalue weighted by Crippen LogP contribution is 2.40. The minimum Gasteiger partial charge on any atom is -0.469 e. The van der Waals surface area contributed by atoms with Crippen LogP contribution in [-0.4, -0.2) is 20.1 Å². The van der Waals surface area contributed by atoms with Crippen LogP contribution in [0.3, 0.4) is 0 Å². The summed E-state index contributed by atoms with van der Waals surface area (Å²) in [6.07, 6.45) is 0.258. The quantitative estimate of drug-likeness (QED) is 0.780. The number of carbonyl (C=O) groups excluding carboxylic acids is 1. The van der Waals surface area contributed by atoms with Crippen molar-refractivity contribution in [1.29, 1.82) is 0 Å². The molecule has 0 bridgehead atoms. The number of halogens is 1. The Morgan fingerprint density at radius 2 is 1.74 bits per heavy atom. The van der Waals surface area contributed by atoms with Crippen molar-refractivity contribution in [2.75, 3.05) is 19.5 Å². The molecule has 0 aliphatic rings. The fourth-order valence-electron chi connectivity index (χ4n) is 2.87. The number of anilines is 1. The lowest BCUT2D eigenvalue weighted by atomic mass is 9.88. The van der Waals surface area contributed by atoms with Gasteiger partial charge in [-0.05, 0) is 64.5 Å². The first kappa shape index (κ1) is 17.5. The molecule has 0 saturated carbocycles. The van der Waals surface area contributed by atoms with Crippen LogP contribution in [0.4, 0.5) is 5.69 Å². The number of esters is 1. The number of rotatable bonds is 4. The van der Waals surface area contributed by atoms with Gasteiger partial charge in [-0.3, -0.25) is 4.79 Å². The van der Waals surface area contributed by atoms with Crippen LogP contribution in [0.25, 0.3) is 11.1 Å². The van der Waals surface area contributed by atoms with Crippen LogP contribution < -0.4 is 5.32 Å². The maximum atomic E-state index is 11.9. The molecule has 23 heavy (non-hydrogen) atoms. The molecule has 0 radical (unpaired) electrons. The number of carbonyl (C=O) groups is 1. The Morgan fingerprint density at radius 1 is 1.13 bits per heavy atom. The fraction of sp³-hybridized carbons (Fsp3) is 0.316. The van der Waals surface area contributed by atoms with E-state index in [0.29, 0.717) is 0 Å². The third kappa shape index (κ3) is 3.42. The third-order valence-electron chi connectivity index (χ3n) is 4.19. The van der Waals surface area contributed by atoms with E-state index in [1.54, 1.807) is 0 Å². The van der Waals surface area contributed by atoms with Gasteiger partial charge in [0.25, 0.3) is 0 Å². The van der Waals surface area contributed by atoms with Gasteiger partial charge >= 0.3 is 5.97 Å². The molecule has 0 aliphatic heterocycles. The maximum Gasteiger partial charge on any atom is 0.310 e. The third-order valence-corrected chi connectivity index (χ3v) is 5.18. The zero-order valence-electron chi connectivity index (χ0n) is 14.2. The average molecular weight is 376 g/mol. The summed E-state index contributed by atoms with van der Waals surface area (Å²) in [5.74, 6) is -0.231. The van der Waals surface area contributed by atoms with Gasteiger partial charge < -0.3 is 10.1 Å². The number of hydrogen-bond acceptors (Lipinski definition) is 3. The lowest BCUT2D eigenvalue weighted by Crippen LogP contribution is -2.10. The standard InChI is InChI=1S/C19H22BrNO2/c1-11-6-8-14(9-7-11)17-13(3)18(20)19(21-4)12(2)15(17)10-16(22)23-5/h6-9,21H,10H2,1-5H3. The topological polar surface area (TPSA) is 38.3 Å². The molecule has 122 valence electrons. The van der Waals surface area contributed by atoms with Crippen molar-refractivity contribution in [3.05, 3.63) is 51.0 Å². The van der Waals surface area contributed by atoms with Crippen LogP contribution in [0, 0.1) is 20.8 Å². The molecule has 0 atom stereocenters. The Balaban J connectivity index is 2.76. The van der Waals surface area contributed by atoms with E-state index < -0.39 is 0 Å². The van der Waals surface area contributed by atoms with E-state index in [2.05, 4.69) is 59.4 Å². The summed E-state index contributed by atoms with van der Waals surface area (Å²) >= 11 is 3.69. The van der Waals surface area contributed by atoms with Crippen molar-refractivity contribution in [3.8, 4) is 11.1 Å².